The molecule has 2 aromatic carbocycles. The third-order valence-corrected chi connectivity index (χ3v) is 10.1. The van der Waals surface area contributed by atoms with Crippen molar-refractivity contribution in [3.8, 4) is 0 Å². The highest BCUT2D eigenvalue weighted by Gasteiger charge is 2.60. The summed E-state index contributed by atoms with van der Waals surface area (Å²) < 4.78 is 33.2. The Hall–Kier alpha value is -3.13. The molecular formula is C28H31N3O4S. The summed E-state index contributed by atoms with van der Waals surface area (Å²) in [7, 11) is -3.84. The lowest BCUT2D eigenvalue weighted by molar-refractivity contribution is -0.143. The summed E-state index contributed by atoms with van der Waals surface area (Å²) >= 11 is 0. The summed E-state index contributed by atoms with van der Waals surface area (Å²) in [5, 5.41) is 6.92. The fourth-order valence-electron chi connectivity index (χ4n) is 7.33. The van der Waals surface area contributed by atoms with E-state index in [0.717, 1.165) is 19.3 Å². The van der Waals surface area contributed by atoms with Crippen molar-refractivity contribution >= 4 is 27.5 Å². The molecule has 4 aliphatic rings. The van der Waals surface area contributed by atoms with Crippen LogP contribution in [0.15, 0.2) is 64.0 Å². The minimum atomic E-state index is -3.84. The minimum absolute atomic E-state index is 0.0680. The van der Waals surface area contributed by atoms with Crippen LogP contribution in [0.3, 0.4) is 0 Å². The Kier molecular flexibility index (Phi) is 5.30. The number of aryl methyl sites for hydroxylation is 1. The van der Waals surface area contributed by atoms with Crippen LogP contribution in [0.2, 0.25) is 0 Å². The molecular weight excluding hydrogens is 474 g/mol. The zero-order valence-electron chi connectivity index (χ0n) is 20.6. The van der Waals surface area contributed by atoms with Crippen LogP contribution in [0.25, 0.3) is 0 Å². The van der Waals surface area contributed by atoms with Gasteiger partial charge >= 0.3 is 0 Å². The van der Waals surface area contributed by atoms with Crippen molar-refractivity contribution in [2.24, 2.45) is 17.3 Å². The lowest BCUT2D eigenvalue weighted by atomic mass is 9.42. The average molecular weight is 506 g/mol. The average Bonchev–Trinajstić information content (AvgIpc) is 3.16. The first kappa shape index (κ1) is 23.3. The fraction of sp³-hybridized carbons (Fsp3) is 0.429. The number of carbonyl (C=O) groups excluding carboxylic acids is 1. The number of anilines is 2. The molecule has 1 aromatic heterocycles. The van der Waals surface area contributed by atoms with Crippen molar-refractivity contribution in [1.82, 2.24) is 5.16 Å². The van der Waals surface area contributed by atoms with Gasteiger partial charge in [0.05, 0.1) is 16.0 Å². The molecule has 0 aliphatic heterocycles. The van der Waals surface area contributed by atoms with Crippen molar-refractivity contribution in [1.29, 1.82) is 0 Å². The number of amides is 1. The lowest BCUT2D eigenvalue weighted by Crippen LogP contribution is -2.57. The number of nitrogens with zero attached hydrogens (tertiary/aromatic N) is 1. The molecule has 188 valence electrons. The van der Waals surface area contributed by atoms with Crippen LogP contribution in [0.1, 0.15) is 55.3 Å². The molecule has 4 fully saturated rings. The molecule has 7 rings (SSSR count). The zero-order valence-corrected chi connectivity index (χ0v) is 21.4. The van der Waals surface area contributed by atoms with E-state index in [2.05, 4.69) is 45.5 Å². The fourth-order valence-corrected chi connectivity index (χ4v) is 8.38. The Bertz CT molecular complexity index is 1400. The van der Waals surface area contributed by atoms with Gasteiger partial charge in [0.15, 0.2) is 0 Å². The van der Waals surface area contributed by atoms with Crippen LogP contribution in [0, 0.1) is 31.1 Å². The number of hydrogen-bond donors (Lipinski definition) is 2. The van der Waals surface area contributed by atoms with Crippen molar-refractivity contribution in [2.75, 3.05) is 10.0 Å². The SMILES string of the molecule is Cc1noc(NS(=O)(=O)c2ccc(NC(=O)C34C[C@H]5C[C@@H](C3)CC(c3ccccc3)(C5)C4)cc2)c1C. The van der Waals surface area contributed by atoms with Gasteiger partial charge in [0.1, 0.15) is 0 Å². The van der Waals surface area contributed by atoms with Crippen LogP contribution in [0.4, 0.5) is 11.6 Å². The normalized spacial score (nSPS) is 28.7. The first-order chi connectivity index (χ1) is 17.2. The van der Waals surface area contributed by atoms with E-state index in [1.54, 1.807) is 26.0 Å². The summed E-state index contributed by atoms with van der Waals surface area (Å²) in [6, 6.07) is 17.0. The number of nitrogens with one attached hydrogen (secondary N) is 2. The van der Waals surface area contributed by atoms with Gasteiger partial charge in [-0.1, -0.05) is 35.5 Å². The van der Waals surface area contributed by atoms with E-state index in [1.165, 1.54) is 37.0 Å². The van der Waals surface area contributed by atoms with Crippen LogP contribution in [-0.4, -0.2) is 19.5 Å². The Balaban J connectivity index is 1.20. The molecule has 2 N–H and O–H groups in total. The quantitative estimate of drug-likeness (QED) is 0.456. The Morgan fingerprint density at radius 1 is 0.972 bits per heavy atom. The molecule has 3 aromatic rings. The van der Waals surface area contributed by atoms with Crippen LogP contribution >= 0.6 is 0 Å². The standard InChI is InChI=1S/C28H31N3O4S/c1-18-19(2)30-35-25(18)31-36(33,34)24-10-8-23(9-11-24)29-26(32)28-15-20-12-21(16-28)14-27(13-20,17-28)22-6-4-3-5-7-22/h3-11,20-21,31H,12-17H2,1-2H3,(H,29,32)/t20-,21+,27?,28?. The summed E-state index contributed by atoms with van der Waals surface area (Å²) in [5.41, 5.74) is 2.97. The van der Waals surface area contributed by atoms with E-state index in [4.69, 9.17) is 4.52 Å². The van der Waals surface area contributed by atoms with Gasteiger partial charge in [-0.25, -0.2) is 13.1 Å². The topological polar surface area (TPSA) is 101 Å². The highest BCUT2D eigenvalue weighted by Crippen LogP contribution is 2.66. The third kappa shape index (κ3) is 3.82. The van der Waals surface area contributed by atoms with Gasteiger partial charge in [-0.15, -0.1) is 0 Å². The maximum absolute atomic E-state index is 13.7. The third-order valence-electron chi connectivity index (χ3n) is 8.74. The molecule has 2 unspecified atom stereocenters. The highest BCUT2D eigenvalue weighted by atomic mass is 32.2. The van der Waals surface area contributed by atoms with Crippen LogP contribution in [0.5, 0.6) is 0 Å². The summed E-state index contributed by atoms with van der Waals surface area (Å²) in [4.78, 5) is 13.8. The van der Waals surface area contributed by atoms with E-state index in [9.17, 15) is 13.2 Å². The summed E-state index contributed by atoms with van der Waals surface area (Å²) in [5.74, 6) is 1.34. The maximum atomic E-state index is 13.7. The van der Waals surface area contributed by atoms with Crippen LogP contribution in [-0.2, 0) is 20.2 Å². The van der Waals surface area contributed by atoms with E-state index in [1.807, 2.05) is 0 Å². The second kappa shape index (κ2) is 8.20. The molecule has 36 heavy (non-hydrogen) atoms. The van der Waals surface area contributed by atoms with Crippen molar-refractivity contribution in [2.45, 2.75) is 62.7 Å². The summed E-state index contributed by atoms with van der Waals surface area (Å²) in [6.45, 7) is 3.49. The predicted molar refractivity (Wildman–Crippen MR) is 137 cm³/mol. The second-order valence-corrected chi connectivity index (χ2v) is 12.9. The smallest absolute Gasteiger partial charge is 0.264 e. The molecule has 1 heterocycles. The minimum Gasteiger partial charge on any atom is -0.337 e. The van der Waals surface area contributed by atoms with Gasteiger partial charge in [0.25, 0.3) is 10.0 Å². The molecule has 4 bridgehead atoms. The summed E-state index contributed by atoms with van der Waals surface area (Å²) in [6.07, 6.45) is 6.34. The van der Waals surface area contributed by atoms with Gasteiger partial charge in [0.2, 0.25) is 11.8 Å². The first-order valence-corrected chi connectivity index (χ1v) is 14.1. The Morgan fingerprint density at radius 3 is 2.25 bits per heavy atom. The van der Waals surface area contributed by atoms with Gasteiger partial charge in [-0.2, -0.15) is 0 Å². The Morgan fingerprint density at radius 2 is 1.64 bits per heavy atom. The predicted octanol–water partition coefficient (Wildman–Crippen LogP) is 5.57. The number of carbonyl (C=O) groups is 1. The number of aromatic nitrogens is 1. The first-order valence-electron chi connectivity index (χ1n) is 12.6. The van der Waals surface area contributed by atoms with Crippen LogP contribution < -0.4 is 10.0 Å². The zero-order chi connectivity index (χ0) is 25.1. The molecule has 0 spiro atoms. The Labute approximate surface area is 211 Å². The monoisotopic (exact) mass is 505 g/mol. The van der Waals surface area contributed by atoms with Gasteiger partial charge in [-0.3, -0.25) is 4.79 Å². The molecule has 4 aliphatic carbocycles. The van der Waals surface area contributed by atoms with Crippen molar-refractivity contribution in [3.05, 3.63) is 71.4 Å². The van der Waals surface area contributed by atoms with Gasteiger partial charge < -0.3 is 9.84 Å². The molecule has 0 saturated heterocycles. The number of hydrogen-bond acceptors (Lipinski definition) is 5. The van der Waals surface area contributed by atoms with E-state index in [-0.39, 0.29) is 27.5 Å². The van der Waals surface area contributed by atoms with Gasteiger partial charge in [-0.05, 0) is 99.5 Å². The van der Waals surface area contributed by atoms with E-state index < -0.39 is 10.0 Å². The highest BCUT2D eigenvalue weighted by molar-refractivity contribution is 7.92. The number of rotatable bonds is 6. The molecule has 7 nitrogen and oxygen atoms in total. The molecule has 8 heteroatoms. The second-order valence-electron chi connectivity index (χ2n) is 11.2. The maximum Gasteiger partial charge on any atom is 0.264 e. The largest absolute Gasteiger partial charge is 0.337 e. The van der Waals surface area contributed by atoms with Gasteiger partial charge in [0, 0.05) is 11.3 Å². The van der Waals surface area contributed by atoms with E-state index >= 15 is 0 Å². The van der Waals surface area contributed by atoms with E-state index in [0.29, 0.717) is 28.8 Å². The number of benzene rings is 2. The lowest BCUT2D eigenvalue weighted by Gasteiger charge is -2.61. The molecule has 0 radical (unpaired) electrons. The molecule has 4 saturated carbocycles. The molecule has 4 atom stereocenters. The molecule has 1 amide bonds. The number of sulfonamides is 1. The van der Waals surface area contributed by atoms with Crippen molar-refractivity contribution < 1.29 is 17.7 Å². The van der Waals surface area contributed by atoms with Crippen molar-refractivity contribution in [3.63, 3.8) is 0 Å².